The zero-order valence-corrected chi connectivity index (χ0v) is 15.7. The highest BCUT2D eigenvalue weighted by Crippen LogP contribution is 2.30. The van der Waals surface area contributed by atoms with E-state index < -0.39 is 10.0 Å². The van der Waals surface area contributed by atoms with Crippen LogP contribution in [0.4, 0.5) is 0 Å². The van der Waals surface area contributed by atoms with Crippen LogP contribution in [-0.4, -0.2) is 41.6 Å². The van der Waals surface area contributed by atoms with Gasteiger partial charge in [0.25, 0.3) is 0 Å². The fourth-order valence-corrected chi connectivity index (χ4v) is 4.79. The summed E-state index contributed by atoms with van der Waals surface area (Å²) in [6, 6.07) is 10.1. The van der Waals surface area contributed by atoms with E-state index in [0.717, 1.165) is 22.2 Å². The van der Waals surface area contributed by atoms with Crippen molar-refractivity contribution >= 4 is 32.4 Å². The summed E-state index contributed by atoms with van der Waals surface area (Å²) in [5, 5.41) is 1.04. The van der Waals surface area contributed by atoms with Crippen LogP contribution < -0.4 is 0 Å². The molecule has 3 heterocycles. The molecular formula is C20H19N3O3S. The van der Waals surface area contributed by atoms with Gasteiger partial charge < -0.3 is 4.98 Å². The number of rotatable bonds is 4. The molecule has 1 aliphatic heterocycles. The Balaban J connectivity index is 1.61. The predicted molar refractivity (Wildman–Crippen MR) is 104 cm³/mol. The molecule has 0 amide bonds. The van der Waals surface area contributed by atoms with Gasteiger partial charge in [0.1, 0.15) is 5.65 Å². The summed E-state index contributed by atoms with van der Waals surface area (Å²) in [6.07, 6.45) is 6.23. The lowest BCUT2D eigenvalue weighted by atomic mass is 10.0. The number of sulfonamides is 1. The van der Waals surface area contributed by atoms with Crippen LogP contribution in [0.1, 0.15) is 29.3 Å². The van der Waals surface area contributed by atoms with E-state index in [1.54, 1.807) is 18.3 Å². The minimum absolute atomic E-state index is 0.152. The van der Waals surface area contributed by atoms with E-state index in [-0.39, 0.29) is 10.7 Å². The normalized spacial score (nSPS) is 15.7. The molecule has 6 nitrogen and oxygen atoms in total. The SMILES string of the molecule is CC(=O)c1cccc(S(=O)(=O)N2CC=C(c3c[nH]c4ncccc34)CC2)c1. The number of nitrogens with zero attached hydrogens (tertiary/aromatic N) is 2. The number of fused-ring (bicyclic) bond motifs is 1. The molecule has 1 aliphatic rings. The number of carbonyl (C=O) groups is 1. The van der Waals surface area contributed by atoms with Crippen molar-refractivity contribution in [2.75, 3.05) is 13.1 Å². The van der Waals surface area contributed by atoms with Gasteiger partial charge in [0.15, 0.2) is 5.78 Å². The van der Waals surface area contributed by atoms with Crippen molar-refractivity contribution in [1.29, 1.82) is 0 Å². The standard InChI is InChI=1S/C20H19N3O3S/c1-14(24)16-4-2-5-17(12-16)27(25,26)23-10-7-15(8-11-23)19-13-22-20-18(19)6-3-9-21-20/h2-7,9,12-13H,8,10-11H2,1H3,(H,21,22). The molecule has 0 spiro atoms. The number of hydrogen-bond donors (Lipinski definition) is 1. The van der Waals surface area contributed by atoms with E-state index in [1.165, 1.54) is 23.4 Å². The van der Waals surface area contributed by atoms with Crippen LogP contribution >= 0.6 is 0 Å². The smallest absolute Gasteiger partial charge is 0.243 e. The summed E-state index contributed by atoms with van der Waals surface area (Å²) in [7, 11) is -3.64. The van der Waals surface area contributed by atoms with Gasteiger partial charge in [-0.15, -0.1) is 0 Å². The largest absolute Gasteiger partial charge is 0.346 e. The third kappa shape index (κ3) is 3.20. The summed E-state index contributed by atoms with van der Waals surface area (Å²) >= 11 is 0. The zero-order valence-electron chi connectivity index (χ0n) is 14.8. The Hall–Kier alpha value is -2.77. The van der Waals surface area contributed by atoms with Crippen molar-refractivity contribution < 1.29 is 13.2 Å². The van der Waals surface area contributed by atoms with Crippen LogP contribution in [0.15, 0.2) is 59.8 Å². The molecule has 1 aromatic carbocycles. The fraction of sp³-hybridized carbons (Fsp3) is 0.200. The maximum absolute atomic E-state index is 12.9. The van der Waals surface area contributed by atoms with Crippen molar-refractivity contribution in [2.24, 2.45) is 0 Å². The van der Waals surface area contributed by atoms with Gasteiger partial charge in [0.05, 0.1) is 4.90 Å². The van der Waals surface area contributed by atoms with Crippen LogP contribution in [0.5, 0.6) is 0 Å². The second-order valence-electron chi connectivity index (χ2n) is 6.53. The number of H-pyrrole nitrogens is 1. The van der Waals surface area contributed by atoms with E-state index in [1.807, 2.05) is 24.4 Å². The molecule has 1 N–H and O–H groups in total. The fourth-order valence-electron chi connectivity index (χ4n) is 3.36. The molecular weight excluding hydrogens is 362 g/mol. The molecule has 0 radical (unpaired) electrons. The number of hydrogen-bond acceptors (Lipinski definition) is 4. The lowest BCUT2D eigenvalue weighted by molar-refractivity contribution is 0.101. The number of nitrogens with one attached hydrogen (secondary N) is 1. The van der Waals surface area contributed by atoms with Crippen molar-refractivity contribution in [3.05, 3.63) is 66.0 Å². The van der Waals surface area contributed by atoms with Crippen molar-refractivity contribution in [3.63, 3.8) is 0 Å². The third-order valence-electron chi connectivity index (χ3n) is 4.85. The first-order valence-corrected chi connectivity index (χ1v) is 10.1. The summed E-state index contributed by atoms with van der Waals surface area (Å²) < 4.78 is 27.3. The molecule has 27 heavy (non-hydrogen) atoms. The van der Waals surface area contributed by atoms with E-state index in [2.05, 4.69) is 9.97 Å². The molecule has 138 valence electrons. The Kier molecular flexibility index (Phi) is 4.41. The van der Waals surface area contributed by atoms with E-state index in [0.29, 0.717) is 25.1 Å². The molecule has 0 atom stereocenters. The minimum atomic E-state index is -3.64. The molecule has 0 saturated carbocycles. The molecule has 0 fully saturated rings. The number of aromatic nitrogens is 2. The molecule has 2 aromatic heterocycles. The van der Waals surface area contributed by atoms with Crippen LogP contribution in [0.2, 0.25) is 0 Å². The Bertz CT molecular complexity index is 1160. The number of Topliss-reactive ketones (excluding diaryl/α,β-unsaturated/α-hetero) is 1. The van der Waals surface area contributed by atoms with Gasteiger partial charge >= 0.3 is 0 Å². The molecule has 0 bridgehead atoms. The average Bonchev–Trinajstić information content (AvgIpc) is 3.12. The number of pyridine rings is 1. The Morgan fingerprint density at radius 2 is 2.07 bits per heavy atom. The lowest BCUT2D eigenvalue weighted by Crippen LogP contribution is -2.34. The van der Waals surface area contributed by atoms with E-state index >= 15 is 0 Å². The highest BCUT2D eigenvalue weighted by atomic mass is 32.2. The Morgan fingerprint density at radius 3 is 2.81 bits per heavy atom. The summed E-state index contributed by atoms with van der Waals surface area (Å²) in [5.41, 5.74) is 3.40. The van der Waals surface area contributed by atoms with Crippen LogP contribution in [0.25, 0.3) is 16.6 Å². The van der Waals surface area contributed by atoms with Crippen molar-refractivity contribution in [2.45, 2.75) is 18.2 Å². The topological polar surface area (TPSA) is 83.1 Å². The van der Waals surface area contributed by atoms with Gasteiger partial charge in [-0.1, -0.05) is 18.2 Å². The molecule has 4 rings (SSSR count). The Morgan fingerprint density at radius 1 is 1.22 bits per heavy atom. The first-order chi connectivity index (χ1) is 13.0. The summed E-state index contributed by atoms with van der Waals surface area (Å²) in [4.78, 5) is 19.2. The number of aromatic amines is 1. The second kappa shape index (κ2) is 6.75. The summed E-state index contributed by atoms with van der Waals surface area (Å²) in [5.74, 6) is -0.152. The van der Waals surface area contributed by atoms with E-state index in [4.69, 9.17) is 0 Å². The zero-order chi connectivity index (χ0) is 19.0. The van der Waals surface area contributed by atoms with Gasteiger partial charge in [-0.05, 0) is 43.2 Å². The number of carbonyl (C=O) groups excluding carboxylic acids is 1. The maximum Gasteiger partial charge on any atom is 0.243 e. The average molecular weight is 381 g/mol. The van der Waals surface area contributed by atoms with Gasteiger partial charge in [0.2, 0.25) is 10.0 Å². The van der Waals surface area contributed by atoms with Crippen LogP contribution in [-0.2, 0) is 10.0 Å². The maximum atomic E-state index is 12.9. The van der Waals surface area contributed by atoms with Gasteiger partial charge in [-0.2, -0.15) is 4.31 Å². The quantitative estimate of drug-likeness (QED) is 0.703. The Labute approximate surface area is 157 Å². The van der Waals surface area contributed by atoms with Crippen molar-refractivity contribution in [3.8, 4) is 0 Å². The molecule has 3 aromatic rings. The molecule has 0 unspecified atom stereocenters. The van der Waals surface area contributed by atoms with E-state index in [9.17, 15) is 13.2 Å². The predicted octanol–water partition coefficient (Wildman–Crippen LogP) is 3.24. The van der Waals surface area contributed by atoms with Gasteiger partial charge in [0, 0.05) is 42.0 Å². The first-order valence-electron chi connectivity index (χ1n) is 8.69. The van der Waals surface area contributed by atoms with Crippen LogP contribution in [0.3, 0.4) is 0 Å². The lowest BCUT2D eigenvalue weighted by Gasteiger charge is -2.26. The minimum Gasteiger partial charge on any atom is -0.346 e. The third-order valence-corrected chi connectivity index (χ3v) is 6.71. The van der Waals surface area contributed by atoms with Crippen LogP contribution in [0, 0.1) is 0 Å². The highest BCUT2D eigenvalue weighted by Gasteiger charge is 2.27. The summed E-state index contributed by atoms with van der Waals surface area (Å²) in [6.45, 7) is 2.12. The molecule has 7 heteroatoms. The molecule has 0 aliphatic carbocycles. The monoisotopic (exact) mass is 381 g/mol. The highest BCUT2D eigenvalue weighted by molar-refractivity contribution is 7.89. The number of ketones is 1. The van der Waals surface area contributed by atoms with Gasteiger partial charge in [-0.25, -0.2) is 13.4 Å². The van der Waals surface area contributed by atoms with Gasteiger partial charge in [-0.3, -0.25) is 4.79 Å². The van der Waals surface area contributed by atoms with Crippen molar-refractivity contribution in [1.82, 2.24) is 14.3 Å². The molecule has 0 saturated heterocycles. The first kappa shape index (κ1) is 17.6. The number of benzene rings is 1. The second-order valence-corrected chi connectivity index (χ2v) is 8.47.